The molecule has 0 bridgehead atoms. The molecule has 1 aromatic carbocycles. The number of aromatic amines is 1. The highest BCUT2D eigenvalue weighted by Crippen LogP contribution is 2.20. The van der Waals surface area contributed by atoms with Crippen LogP contribution in [0.2, 0.25) is 0 Å². The molecule has 3 N–H and O–H groups in total. The molecular weight excluding hydrogens is 328 g/mol. The number of rotatable bonds is 7. The van der Waals surface area contributed by atoms with E-state index in [4.69, 9.17) is 0 Å². The summed E-state index contributed by atoms with van der Waals surface area (Å²) >= 11 is 0. The number of fused-ring (bicyclic) bond motifs is 1. The number of hydrogen-bond donors (Lipinski definition) is 3. The average molecular weight is 358 g/mol. The number of carbonyl (C=O) groups is 2. The van der Waals surface area contributed by atoms with Crippen molar-refractivity contribution in [1.82, 2.24) is 20.5 Å². The fraction of sp³-hybridized carbons (Fsp3) is 0.500. The van der Waals surface area contributed by atoms with Gasteiger partial charge in [0, 0.05) is 42.0 Å². The molecule has 0 spiro atoms. The van der Waals surface area contributed by atoms with Gasteiger partial charge in [-0.1, -0.05) is 39.0 Å². The zero-order valence-corrected chi connectivity index (χ0v) is 16.3. The monoisotopic (exact) mass is 358 g/mol. The Balaban J connectivity index is 2.16. The molecule has 6 nitrogen and oxygen atoms in total. The molecule has 26 heavy (non-hydrogen) atoms. The van der Waals surface area contributed by atoms with Crippen LogP contribution in [-0.4, -0.2) is 54.9 Å². The van der Waals surface area contributed by atoms with E-state index in [9.17, 15) is 9.59 Å². The number of likely N-dealkylation sites (N-methyl/N-ethyl adjacent to an activating group) is 1. The lowest BCUT2D eigenvalue weighted by Gasteiger charge is -2.24. The van der Waals surface area contributed by atoms with Gasteiger partial charge in [0.1, 0.15) is 6.04 Å². The Kier molecular flexibility index (Phi) is 6.42. The van der Waals surface area contributed by atoms with Gasteiger partial charge in [0.15, 0.2) is 0 Å². The molecule has 1 heterocycles. The third-order valence-electron chi connectivity index (χ3n) is 4.26. The Hall–Kier alpha value is -2.34. The Morgan fingerprint density at radius 3 is 2.54 bits per heavy atom. The van der Waals surface area contributed by atoms with E-state index < -0.39 is 11.5 Å². The average Bonchev–Trinajstić information content (AvgIpc) is 2.96. The number of H-pyrrole nitrogens is 1. The topological polar surface area (TPSA) is 77.2 Å². The fourth-order valence-corrected chi connectivity index (χ4v) is 2.63. The van der Waals surface area contributed by atoms with Gasteiger partial charge in [-0.15, -0.1) is 0 Å². The standard InChI is InChI=1S/C20H30N4O2/c1-20(2,3)19(26)23-17(18(25)21-10-11-24(4)5)12-14-13-22-16-9-7-6-8-15(14)16/h6-9,13,17,22H,10-12H2,1-5H3,(H,21,25)(H,23,26). The molecule has 0 aliphatic rings. The van der Waals surface area contributed by atoms with E-state index in [-0.39, 0.29) is 11.8 Å². The molecule has 142 valence electrons. The summed E-state index contributed by atoms with van der Waals surface area (Å²) in [6.45, 7) is 6.82. The zero-order valence-electron chi connectivity index (χ0n) is 16.3. The number of nitrogens with zero attached hydrogens (tertiary/aromatic N) is 1. The summed E-state index contributed by atoms with van der Waals surface area (Å²) in [6, 6.07) is 7.35. The van der Waals surface area contributed by atoms with Crippen molar-refractivity contribution in [3.8, 4) is 0 Å². The molecule has 0 fully saturated rings. The van der Waals surface area contributed by atoms with Gasteiger partial charge < -0.3 is 20.5 Å². The Morgan fingerprint density at radius 2 is 1.88 bits per heavy atom. The first kappa shape index (κ1) is 20.0. The van der Waals surface area contributed by atoms with Crippen LogP contribution in [0.5, 0.6) is 0 Å². The van der Waals surface area contributed by atoms with Crippen molar-refractivity contribution in [3.05, 3.63) is 36.0 Å². The van der Waals surface area contributed by atoms with E-state index in [1.165, 1.54) is 0 Å². The van der Waals surface area contributed by atoms with Crippen molar-refractivity contribution in [3.63, 3.8) is 0 Å². The molecule has 2 aromatic rings. The first-order valence-electron chi connectivity index (χ1n) is 8.97. The van der Waals surface area contributed by atoms with Crippen LogP contribution in [0.3, 0.4) is 0 Å². The van der Waals surface area contributed by atoms with Gasteiger partial charge in [0.05, 0.1) is 0 Å². The maximum absolute atomic E-state index is 12.7. The lowest BCUT2D eigenvalue weighted by molar-refractivity contribution is -0.133. The first-order valence-corrected chi connectivity index (χ1v) is 8.97. The summed E-state index contributed by atoms with van der Waals surface area (Å²) in [5.74, 6) is -0.292. The predicted molar refractivity (Wildman–Crippen MR) is 105 cm³/mol. The number of nitrogens with one attached hydrogen (secondary N) is 3. The van der Waals surface area contributed by atoms with Gasteiger partial charge in [-0.25, -0.2) is 0 Å². The van der Waals surface area contributed by atoms with Crippen molar-refractivity contribution >= 4 is 22.7 Å². The van der Waals surface area contributed by atoms with Crippen LogP contribution in [0.25, 0.3) is 10.9 Å². The molecule has 6 heteroatoms. The minimum atomic E-state index is -0.608. The van der Waals surface area contributed by atoms with E-state index in [1.54, 1.807) is 0 Å². The summed E-state index contributed by atoms with van der Waals surface area (Å²) in [5, 5.41) is 6.92. The number of amides is 2. The predicted octanol–water partition coefficient (Wildman–Crippen LogP) is 1.92. The molecule has 1 aromatic heterocycles. The van der Waals surface area contributed by atoms with Gasteiger partial charge in [0.2, 0.25) is 11.8 Å². The van der Waals surface area contributed by atoms with Crippen molar-refractivity contribution in [2.75, 3.05) is 27.2 Å². The SMILES string of the molecule is CN(C)CCNC(=O)C(Cc1c[nH]c2ccccc12)NC(=O)C(C)(C)C. The van der Waals surface area contributed by atoms with Crippen LogP contribution in [0.15, 0.2) is 30.5 Å². The summed E-state index contributed by atoms with van der Waals surface area (Å²) in [7, 11) is 3.91. The molecule has 0 saturated carbocycles. The molecule has 0 aliphatic heterocycles. The van der Waals surface area contributed by atoms with Gasteiger partial charge >= 0.3 is 0 Å². The highest BCUT2D eigenvalue weighted by atomic mass is 16.2. The van der Waals surface area contributed by atoms with Crippen LogP contribution in [0.1, 0.15) is 26.3 Å². The summed E-state index contributed by atoms with van der Waals surface area (Å²) in [4.78, 5) is 30.4. The van der Waals surface area contributed by atoms with E-state index in [0.717, 1.165) is 23.0 Å². The van der Waals surface area contributed by atoms with Crippen LogP contribution in [0, 0.1) is 5.41 Å². The van der Waals surface area contributed by atoms with Crippen LogP contribution in [0.4, 0.5) is 0 Å². The van der Waals surface area contributed by atoms with Crippen LogP contribution < -0.4 is 10.6 Å². The molecule has 0 saturated heterocycles. The second-order valence-electron chi connectivity index (χ2n) is 7.93. The minimum absolute atomic E-state index is 0.134. The van der Waals surface area contributed by atoms with E-state index in [1.807, 2.05) is 70.2 Å². The first-order chi connectivity index (χ1) is 12.2. The molecule has 2 rings (SSSR count). The smallest absolute Gasteiger partial charge is 0.242 e. The van der Waals surface area contributed by atoms with Crippen LogP contribution in [-0.2, 0) is 16.0 Å². The van der Waals surface area contributed by atoms with Crippen molar-refractivity contribution < 1.29 is 9.59 Å². The van der Waals surface area contributed by atoms with Crippen LogP contribution >= 0.6 is 0 Å². The second-order valence-corrected chi connectivity index (χ2v) is 7.93. The van der Waals surface area contributed by atoms with E-state index >= 15 is 0 Å². The van der Waals surface area contributed by atoms with Gasteiger partial charge in [-0.3, -0.25) is 9.59 Å². The zero-order chi connectivity index (χ0) is 19.3. The normalized spacial score (nSPS) is 13.0. The third kappa shape index (κ3) is 5.33. The number of benzene rings is 1. The number of aromatic nitrogens is 1. The highest BCUT2D eigenvalue weighted by molar-refractivity contribution is 5.91. The molecule has 0 radical (unpaired) electrons. The Morgan fingerprint density at radius 1 is 1.19 bits per heavy atom. The van der Waals surface area contributed by atoms with E-state index in [0.29, 0.717) is 13.0 Å². The summed E-state index contributed by atoms with van der Waals surface area (Å²) in [6.07, 6.45) is 2.35. The molecule has 0 aliphatic carbocycles. The highest BCUT2D eigenvalue weighted by Gasteiger charge is 2.28. The Bertz CT molecular complexity index is 759. The molecule has 1 atom stereocenters. The van der Waals surface area contributed by atoms with Crippen molar-refractivity contribution in [1.29, 1.82) is 0 Å². The minimum Gasteiger partial charge on any atom is -0.361 e. The second kappa shape index (κ2) is 8.36. The quantitative estimate of drug-likeness (QED) is 0.708. The molecule has 2 amide bonds. The maximum Gasteiger partial charge on any atom is 0.242 e. The number of para-hydroxylation sites is 1. The van der Waals surface area contributed by atoms with Gasteiger partial charge in [0.25, 0.3) is 0 Å². The molecule has 1 unspecified atom stereocenters. The fourth-order valence-electron chi connectivity index (χ4n) is 2.63. The maximum atomic E-state index is 12.7. The summed E-state index contributed by atoms with van der Waals surface area (Å²) < 4.78 is 0. The third-order valence-corrected chi connectivity index (χ3v) is 4.26. The van der Waals surface area contributed by atoms with Crippen molar-refractivity contribution in [2.24, 2.45) is 5.41 Å². The number of carbonyl (C=O) groups excluding carboxylic acids is 2. The lowest BCUT2D eigenvalue weighted by atomic mass is 9.94. The van der Waals surface area contributed by atoms with Crippen molar-refractivity contribution in [2.45, 2.75) is 33.2 Å². The number of hydrogen-bond acceptors (Lipinski definition) is 3. The van der Waals surface area contributed by atoms with Gasteiger partial charge in [-0.2, -0.15) is 0 Å². The van der Waals surface area contributed by atoms with Gasteiger partial charge in [-0.05, 0) is 25.7 Å². The Labute approximate surface area is 155 Å². The largest absolute Gasteiger partial charge is 0.361 e. The lowest BCUT2D eigenvalue weighted by Crippen LogP contribution is -2.51. The molecular formula is C20H30N4O2. The summed E-state index contributed by atoms with van der Waals surface area (Å²) in [5.41, 5.74) is 1.49. The van der Waals surface area contributed by atoms with E-state index in [2.05, 4.69) is 15.6 Å².